The van der Waals surface area contributed by atoms with Crippen LogP contribution in [0.25, 0.3) is 5.65 Å². The lowest BCUT2D eigenvalue weighted by atomic mass is 9.55. The monoisotopic (exact) mass is 915 g/mol. The van der Waals surface area contributed by atoms with E-state index in [4.69, 9.17) is 27.2 Å². The Morgan fingerprint density at radius 1 is 1.03 bits per heavy atom. The number of nitrogens with two attached hydrogens (primary N) is 1. The van der Waals surface area contributed by atoms with Gasteiger partial charge in [-0.2, -0.15) is 0 Å². The van der Waals surface area contributed by atoms with Crippen molar-refractivity contribution in [1.82, 2.24) is 34.7 Å². The van der Waals surface area contributed by atoms with Crippen molar-refractivity contribution in [3.05, 3.63) is 69.8 Å². The smallest absolute Gasteiger partial charge is 0.328 e. The van der Waals surface area contributed by atoms with Gasteiger partial charge in [-0.1, -0.05) is 23.7 Å². The number of anilines is 4. The van der Waals surface area contributed by atoms with E-state index in [-0.39, 0.29) is 65.6 Å². The summed E-state index contributed by atoms with van der Waals surface area (Å²) in [5.74, 6) is -1.00. The van der Waals surface area contributed by atoms with Crippen LogP contribution < -0.4 is 26.2 Å². The average Bonchev–Trinajstić information content (AvgIpc) is 3.89. The summed E-state index contributed by atoms with van der Waals surface area (Å²) in [6, 6.07) is 8.74. The summed E-state index contributed by atoms with van der Waals surface area (Å²) in [6.07, 6.45) is 8.26. The van der Waals surface area contributed by atoms with Crippen molar-refractivity contribution < 1.29 is 32.7 Å². The van der Waals surface area contributed by atoms with E-state index in [1.54, 1.807) is 26.0 Å². The number of alkyl halides is 2. The molecule has 346 valence electrons. The number of fused-ring (bicyclic) bond motifs is 2. The van der Waals surface area contributed by atoms with Gasteiger partial charge >= 0.3 is 6.03 Å². The second-order valence-corrected chi connectivity index (χ2v) is 18.9. The Kier molecular flexibility index (Phi) is 12.2. The maximum atomic E-state index is 16.4. The highest BCUT2D eigenvalue weighted by Crippen LogP contribution is 2.57. The molecule has 4 N–H and O–H groups in total. The average molecular weight is 916 g/mol. The number of nitrogens with zero attached hydrogens (tertiary/aromatic N) is 8. The fourth-order valence-corrected chi connectivity index (χ4v) is 11.0. The van der Waals surface area contributed by atoms with Crippen LogP contribution in [-0.2, 0) is 16.0 Å². The number of carbonyl (C=O) groups excluding carboxylic acids is 4. The van der Waals surface area contributed by atoms with Gasteiger partial charge in [0.2, 0.25) is 5.91 Å². The fourth-order valence-electron chi connectivity index (χ4n) is 10.8. The van der Waals surface area contributed by atoms with Gasteiger partial charge < -0.3 is 25.6 Å². The Bertz CT molecular complexity index is 2520. The van der Waals surface area contributed by atoms with Crippen LogP contribution in [0.5, 0.6) is 0 Å². The number of urea groups is 1. The van der Waals surface area contributed by atoms with Gasteiger partial charge in [-0.05, 0) is 99.9 Å². The lowest BCUT2D eigenvalue weighted by Crippen LogP contribution is -2.59. The molecule has 1 aromatic carbocycles. The molecule has 2 atom stereocenters. The normalized spacial score (nSPS) is 22.8. The van der Waals surface area contributed by atoms with Gasteiger partial charge in [0.05, 0.1) is 34.4 Å². The molecule has 3 saturated heterocycles. The second kappa shape index (κ2) is 17.7. The number of benzene rings is 1. The zero-order chi connectivity index (χ0) is 45.8. The lowest BCUT2D eigenvalue weighted by Gasteiger charge is -2.56. The highest BCUT2D eigenvalue weighted by molar-refractivity contribution is 6.34. The van der Waals surface area contributed by atoms with Crippen LogP contribution in [0.2, 0.25) is 5.02 Å². The molecule has 7 heterocycles. The molecule has 16 nitrogen and oxygen atoms in total. The van der Waals surface area contributed by atoms with Crippen molar-refractivity contribution >= 4 is 63.9 Å². The van der Waals surface area contributed by atoms with Crippen LogP contribution in [0.15, 0.2) is 36.5 Å². The minimum absolute atomic E-state index is 0.116. The van der Waals surface area contributed by atoms with Gasteiger partial charge in [0.25, 0.3) is 11.8 Å². The summed E-state index contributed by atoms with van der Waals surface area (Å²) in [5.41, 5.74) is 9.18. The van der Waals surface area contributed by atoms with Gasteiger partial charge in [-0.3, -0.25) is 29.5 Å². The predicted molar refractivity (Wildman–Crippen MR) is 242 cm³/mol. The standard InChI is InChI=1S/C41H46ClF2N11O4.C5H10O/c1-23-35(42)31(54-13-8-34(56)49-39(54)59)16-29(48-23)38(58)52-14-9-40(10-15-52)20-41(44,21-40)22-51-11-6-25(27(43)19-51)24-4-3-5-30-26(24)7-12-53(30)33-17-28(46-2)37-47-18-32(36(45)57)55(37)50-33;1-6-5-3-2-4-5/h3-5,16-18,25,27,46H,6-15,19-22H2,1-2H3,(H2,45,57)(H,49,56,59);5H,2-4H2,1H3. The summed E-state index contributed by atoms with van der Waals surface area (Å²) >= 11 is 6.50. The van der Waals surface area contributed by atoms with Crippen molar-refractivity contribution in [3.63, 3.8) is 0 Å². The number of nitrogens with one attached hydrogen (secondary N) is 2. The Hall–Kier alpha value is -5.46. The minimum atomic E-state index is -1.42. The number of pyridine rings is 1. The van der Waals surface area contributed by atoms with Gasteiger partial charge in [0, 0.05) is 77.5 Å². The van der Waals surface area contributed by atoms with E-state index >= 15 is 8.78 Å². The van der Waals surface area contributed by atoms with Crippen LogP contribution in [0, 0.1) is 12.3 Å². The van der Waals surface area contributed by atoms with Crippen LogP contribution >= 0.6 is 11.6 Å². The number of piperidine rings is 2. The van der Waals surface area contributed by atoms with Crippen molar-refractivity contribution in [1.29, 1.82) is 0 Å². The first-order valence-electron chi connectivity index (χ1n) is 22.6. The summed E-state index contributed by atoms with van der Waals surface area (Å²) < 4.78 is 39.0. The molecule has 4 aromatic rings. The zero-order valence-corrected chi connectivity index (χ0v) is 37.8. The topological polar surface area (TPSA) is 184 Å². The highest BCUT2D eigenvalue weighted by atomic mass is 35.5. The molecule has 5 amide bonds. The SMILES string of the molecule is CNc1cc(N2CCc3c(C4CCN(CC5(F)CC6(CCN(C(=O)c7cc(N8CCC(=O)NC8=O)c(Cl)c(C)n7)CC6)C5)CC4F)cccc32)nn2c(C(N)=O)cnc12.COC1CCC1. The Labute approximate surface area is 381 Å². The van der Waals surface area contributed by atoms with Gasteiger partial charge in [-0.25, -0.2) is 28.1 Å². The third-order valence-electron chi connectivity index (χ3n) is 14.4. The number of hydrogen-bond donors (Lipinski definition) is 3. The molecule has 0 bridgehead atoms. The first kappa shape index (κ1) is 44.7. The molecule has 5 fully saturated rings. The number of rotatable bonds is 9. The number of imide groups is 1. The van der Waals surface area contributed by atoms with E-state index in [1.807, 2.05) is 29.2 Å². The molecule has 10 rings (SSSR count). The highest BCUT2D eigenvalue weighted by Gasteiger charge is 2.57. The number of imidazole rings is 1. The summed E-state index contributed by atoms with van der Waals surface area (Å²) in [6.45, 7) is 4.25. The first-order chi connectivity index (χ1) is 31.2. The second-order valence-electron chi connectivity index (χ2n) is 18.6. The van der Waals surface area contributed by atoms with E-state index in [1.165, 1.54) is 40.9 Å². The number of methoxy groups -OCH3 is 1. The zero-order valence-electron chi connectivity index (χ0n) is 37.0. The molecule has 3 aromatic heterocycles. The van der Waals surface area contributed by atoms with Crippen LogP contribution in [0.4, 0.5) is 36.5 Å². The molecule has 0 radical (unpaired) electrons. The van der Waals surface area contributed by atoms with Gasteiger partial charge in [-0.15, -0.1) is 5.10 Å². The van der Waals surface area contributed by atoms with E-state index in [2.05, 4.69) is 25.5 Å². The molecule has 2 aliphatic carbocycles. The third-order valence-corrected chi connectivity index (χ3v) is 14.9. The number of hydrogen-bond acceptors (Lipinski definition) is 11. The van der Waals surface area contributed by atoms with Crippen molar-refractivity contribution in [2.75, 3.05) is 75.1 Å². The number of primary amides is 1. The van der Waals surface area contributed by atoms with Crippen molar-refractivity contribution in [2.45, 2.75) is 95.0 Å². The largest absolute Gasteiger partial charge is 0.385 e. The molecular weight excluding hydrogens is 860 g/mol. The maximum Gasteiger partial charge on any atom is 0.328 e. The van der Waals surface area contributed by atoms with E-state index in [9.17, 15) is 19.2 Å². The van der Waals surface area contributed by atoms with Crippen LogP contribution in [0.3, 0.4) is 0 Å². The Balaban J connectivity index is 0.000000823. The molecule has 19 heteroatoms. The summed E-state index contributed by atoms with van der Waals surface area (Å²) in [5, 5.41) is 10.4. The Morgan fingerprint density at radius 2 is 1.78 bits per heavy atom. The molecule has 2 unspecified atom stereocenters. The maximum absolute atomic E-state index is 16.4. The summed E-state index contributed by atoms with van der Waals surface area (Å²) in [4.78, 5) is 65.7. The first-order valence-corrected chi connectivity index (χ1v) is 23.0. The lowest BCUT2D eigenvalue weighted by molar-refractivity contribution is -0.120. The van der Waals surface area contributed by atoms with E-state index < -0.39 is 23.8 Å². The Morgan fingerprint density at radius 3 is 2.43 bits per heavy atom. The van der Waals surface area contributed by atoms with Crippen LogP contribution in [-0.4, -0.2) is 131 Å². The third kappa shape index (κ3) is 8.60. The molecule has 6 aliphatic rings. The van der Waals surface area contributed by atoms with E-state index in [0.717, 1.165) is 16.8 Å². The number of likely N-dealkylation sites (tertiary alicyclic amines) is 2. The summed E-state index contributed by atoms with van der Waals surface area (Å²) in [7, 11) is 3.55. The number of carbonyl (C=O) groups is 4. The molecule has 65 heavy (non-hydrogen) atoms. The number of aryl methyl sites for hydroxylation is 1. The quantitative estimate of drug-likeness (QED) is 0.176. The number of halogens is 3. The number of amides is 5. The van der Waals surface area contributed by atoms with Crippen molar-refractivity contribution in [2.24, 2.45) is 11.1 Å². The van der Waals surface area contributed by atoms with Gasteiger partial charge in [0.15, 0.2) is 11.5 Å². The number of ether oxygens (including phenoxy) is 1. The minimum Gasteiger partial charge on any atom is -0.385 e. The molecule has 4 aliphatic heterocycles. The fraction of sp³-hybridized carbons (Fsp3) is 0.543. The van der Waals surface area contributed by atoms with Crippen LogP contribution in [0.1, 0.15) is 102 Å². The van der Waals surface area contributed by atoms with E-state index in [0.29, 0.717) is 99.3 Å². The molecular formula is C46H56ClF2N11O5. The van der Waals surface area contributed by atoms with Crippen molar-refractivity contribution in [3.8, 4) is 0 Å². The predicted octanol–water partition coefficient (Wildman–Crippen LogP) is 6.10. The molecule has 1 spiro atoms. The number of aromatic nitrogens is 4. The molecule has 2 saturated carbocycles. The van der Waals surface area contributed by atoms with Gasteiger partial charge in [0.1, 0.15) is 23.2 Å².